The maximum Gasteiger partial charge on any atom is 0.224 e. The van der Waals surface area contributed by atoms with Gasteiger partial charge in [0.2, 0.25) is 5.91 Å². The first-order chi connectivity index (χ1) is 9.28. The number of nitrogens with zero attached hydrogens (tertiary/aromatic N) is 3. The molecule has 4 N–H and O–H groups in total. The van der Waals surface area contributed by atoms with Gasteiger partial charge in [-0.1, -0.05) is 0 Å². The Morgan fingerprint density at radius 1 is 1.47 bits per heavy atom. The van der Waals surface area contributed by atoms with Crippen LogP contribution in [0.15, 0.2) is 12.4 Å². The molecule has 7 nitrogen and oxygen atoms in total. The number of rotatable bonds is 3. The summed E-state index contributed by atoms with van der Waals surface area (Å²) in [5.41, 5.74) is 3.36. The molecule has 102 valence electrons. The molecule has 2 saturated heterocycles. The summed E-state index contributed by atoms with van der Waals surface area (Å²) in [5.74, 6) is 6.16. The van der Waals surface area contributed by atoms with E-state index in [2.05, 4.69) is 25.6 Å². The molecule has 2 atom stereocenters. The van der Waals surface area contributed by atoms with E-state index in [1.807, 2.05) is 0 Å². The molecule has 2 fully saturated rings. The summed E-state index contributed by atoms with van der Waals surface area (Å²) in [4.78, 5) is 22.5. The highest BCUT2D eigenvalue weighted by atomic mass is 16.2. The zero-order chi connectivity index (χ0) is 13.2. The van der Waals surface area contributed by atoms with Crippen molar-refractivity contribution in [3.8, 4) is 0 Å². The van der Waals surface area contributed by atoms with Gasteiger partial charge in [-0.15, -0.1) is 0 Å². The van der Waals surface area contributed by atoms with Crippen LogP contribution in [-0.2, 0) is 11.3 Å². The van der Waals surface area contributed by atoms with Crippen molar-refractivity contribution in [2.45, 2.75) is 25.4 Å². The molecule has 3 heterocycles. The fourth-order valence-corrected chi connectivity index (χ4v) is 2.96. The number of nitrogens with one attached hydrogen (secondary N) is 2. The first kappa shape index (κ1) is 12.3. The number of hydrazine groups is 1. The number of nitrogens with two attached hydrogens (primary N) is 1. The molecule has 0 saturated carbocycles. The third kappa shape index (κ3) is 2.39. The van der Waals surface area contributed by atoms with Crippen molar-refractivity contribution in [3.05, 3.63) is 18.1 Å². The molecule has 0 spiro atoms. The number of piperidine rings is 1. The van der Waals surface area contributed by atoms with E-state index < -0.39 is 0 Å². The zero-order valence-electron chi connectivity index (χ0n) is 10.7. The van der Waals surface area contributed by atoms with E-state index in [4.69, 9.17) is 5.84 Å². The van der Waals surface area contributed by atoms with Crippen LogP contribution in [0.5, 0.6) is 0 Å². The minimum Gasteiger partial charge on any atom is -0.354 e. The second-order valence-corrected chi connectivity index (χ2v) is 5.07. The lowest BCUT2D eigenvalue weighted by Crippen LogP contribution is -2.45. The van der Waals surface area contributed by atoms with Crippen LogP contribution in [0.4, 0.5) is 5.82 Å². The van der Waals surface area contributed by atoms with Crippen molar-refractivity contribution in [2.24, 2.45) is 11.8 Å². The van der Waals surface area contributed by atoms with Crippen LogP contribution in [0.25, 0.3) is 0 Å². The van der Waals surface area contributed by atoms with Crippen molar-refractivity contribution < 1.29 is 4.79 Å². The average Bonchev–Trinajstić information content (AvgIpc) is 2.83. The Kier molecular flexibility index (Phi) is 3.31. The summed E-state index contributed by atoms with van der Waals surface area (Å²) in [6.45, 7) is 2.49. The molecule has 0 aliphatic carbocycles. The van der Waals surface area contributed by atoms with Gasteiger partial charge >= 0.3 is 0 Å². The predicted octanol–water partition coefficient (Wildman–Crippen LogP) is -0.527. The molecule has 19 heavy (non-hydrogen) atoms. The van der Waals surface area contributed by atoms with Gasteiger partial charge < -0.3 is 10.7 Å². The molecule has 1 aromatic rings. The lowest BCUT2D eigenvalue weighted by Gasteiger charge is -2.35. The topological polar surface area (TPSA) is 96.2 Å². The molecule has 0 radical (unpaired) electrons. The minimum atomic E-state index is 0.145. The number of amides is 1. The smallest absolute Gasteiger partial charge is 0.224 e. The van der Waals surface area contributed by atoms with Crippen LogP contribution in [0.2, 0.25) is 0 Å². The Morgan fingerprint density at radius 3 is 3.11 bits per heavy atom. The quantitative estimate of drug-likeness (QED) is 0.501. The van der Waals surface area contributed by atoms with Crippen LogP contribution in [0.3, 0.4) is 0 Å². The number of hydrogen-bond acceptors (Lipinski definition) is 6. The Hall–Kier alpha value is -1.73. The highest BCUT2D eigenvalue weighted by molar-refractivity contribution is 5.82. The second-order valence-electron chi connectivity index (χ2n) is 5.07. The number of hydrogen-bond donors (Lipinski definition) is 3. The van der Waals surface area contributed by atoms with Crippen molar-refractivity contribution in [3.63, 3.8) is 0 Å². The summed E-state index contributed by atoms with van der Waals surface area (Å²) in [6.07, 6.45) is 5.40. The summed E-state index contributed by atoms with van der Waals surface area (Å²) in [6, 6.07) is 0.301. The SMILES string of the molecule is NNc1cnc(CN2CCCC3C(=O)NCC32)cn1. The molecule has 2 aliphatic heterocycles. The van der Waals surface area contributed by atoms with E-state index in [1.165, 1.54) is 0 Å². The largest absolute Gasteiger partial charge is 0.354 e. The van der Waals surface area contributed by atoms with E-state index in [0.29, 0.717) is 11.9 Å². The van der Waals surface area contributed by atoms with Gasteiger partial charge in [0.05, 0.1) is 24.0 Å². The number of carbonyl (C=O) groups excluding carboxylic acids is 1. The average molecular weight is 262 g/mol. The lowest BCUT2D eigenvalue weighted by molar-refractivity contribution is -0.124. The van der Waals surface area contributed by atoms with Gasteiger partial charge in [-0.25, -0.2) is 10.8 Å². The van der Waals surface area contributed by atoms with Gasteiger partial charge in [0.15, 0.2) is 5.82 Å². The van der Waals surface area contributed by atoms with Crippen molar-refractivity contribution in [1.82, 2.24) is 20.2 Å². The van der Waals surface area contributed by atoms with Gasteiger partial charge in [-0.2, -0.15) is 0 Å². The van der Waals surface area contributed by atoms with E-state index in [1.54, 1.807) is 12.4 Å². The highest BCUT2D eigenvalue weighted by Gasteiger charge is 2.40. The van der Waals surface area contributed by atoms with Crippen LogP contribution in [-0.4, -0.2) is 39.9 Å². The van der Waals surface area contributed by atoms with Crippen molar-refractivity contribution >= 4 is 11.7 Å². The number of nitrogen functional groups attached to an aromatic ring is 1. The number of likely N-dealkylation sites (tertiary alicyclic amines) is 1. The summed E-state index contributed by atoms with van der Waals surface area (Å²) in [7, 11) is 0. The lowest BCUT2D eigenvalue weighted by atomic mass is 9.91. The summed E-state index contributed by atoms with van der Waals surface area (Å²) in [5, 5.41) is 2.95. The normalized spacial score (nSPS) is 26.9. The highest BCUT2D eigenvalue weighted by Crippen LogP contribution is 2.28. The molecule has 0 aromatic carbocycles. The Bertz CT molecular complexity index is 462. The van der Waals surface area contributed by atoms with Crippen LogP contribution >= 0.6 is 0 Å². The van der Waals surface area contributed by atoms with Crippen LogP contribution < -0.4 is 16.6 Å². The van der Waals surface area contributed by atoms with Crippen molar-refractivity contribution in [1.29, 1.82) is 0 Å². The monoisotopic (exact) mass is 262 g/mol. The molecule has 2 unspecified atom stereocenters. The number of anilines is 1. The number of aromatic nitrogens is 2. The third-order valence-electron chi connectivity index (χ3n) is 3.93. The molecule has 0 bridgehead atoms. The van der Waals surface area contributed by atoms with Gasteiger partial charge in [0.1, 0.15) is 0 Å². The van der Waals surface area contributed by atoms with E-state index in [9.17, 15) is 4.79 Å². The van der Waals surface area contributed by atoms with Crippen LogP contribution in [0, 0.1) is 5.92 Å². The standard InChI is InChI=1S/C12H18N6O/c13-17-11-6-14-8(4-15-11)7-18-3-1-2-9-10(18)5-16-12(9)19/h4,6,9-10H,1-3,5,7,13H2,(H,15,17)(H,16,19). The maximum absolute atomic E-state index is 11.7. The Morgan fingerprint density at radius 2 is 2.37 bits per heavy atom. The molecule has 1 aromatic heterocycles. The molecule has 7 heteroatoms. The molecule has 3 rings (SSSR count). The van der Waals surface area contributed by atoms with E-state index in [0.717, 1.165) is 38.2 Å². The van der Waals surface area contributed by atoms with Crippen molar-refractivity contribution in [2.75, 3.05) is 18.5 Å². The second kappa shape index (κ2) is 5.10. The fourth-order valence-electron chi connectivity index (χ4n) is 2.96. The molecular formula is C12H18N6O. The van der Waals surface area contributed by atoms with E-state index >= 15 is 0 Å². The number of carbonyl (C=O) groups is 1. The maximum atomic E-state index is 11.7. The Balaban J connectivity index is 1.69. The van der Waals surface area contributed by atoms with Crippen LogP contribution in [0.1, 0.15) is 18.5 Å². The first-order valence-electron chi connectivity index (χ1n) is 6.57. The van der Waals surface area contributed by atoms with Gasteiger partial charge in [-0.05, 0) is 19.4 Å². The number of fused-ring (bicyclic) bond motifs is 1. The van der Waals surface area contributed by atoms with Gasteiger partial charge in [-0.3, -0.25) is 14.7 Å². The first-order valence-corrected chi connectivity index (χ1v) is 6.57. The summed E-state index contributed by atoms with van der Waals surface area (Å²) < 4.78 is 0. The molecular weight excluding hydrogens is 244 g/mol. The predicted molar refractivity (Wildman–Crippen MR) is 69.8 cm³/mol. The van der Waals surface area contributed by atoms with Gasteiger partial charge in [0.25, 0.3) is 0 Å². The Labute approximate surface area is 111 Å². The van der Waals surface area contributed by atoms with Gasteiger partial charge in [0, 0.05) is 19.1 Å². The zero-order valence-corrected chi connectivity index (χ0v) is 10.7. The fraction of sp³-hybridized carbons (Fsp3) is 0.583. The van der Waals surface area contributed by atoms with E-state index in [-0.39, 0.29) is 11.8 Å². The minimum absolute atomic E-state index is 0.145. The summed E-state index contributed by atoms with van der Waals surface area (Å²) >= 11 is 0. The molecule has 2 aliphatic rings. The molecule has 1 amide bonds. The third-order valence-corrected chi connectivity index (χ3v) is 3.93.